The van der Waals surface area contributed by atoms with Crippen molar-refractivity contribution in [1.29, 1.82) is 0 Å². The Hall–Kier alpha value is -4.03. The molecule has 0 bridgehead atoms. The number of fused-ring (bicyclic) bond motifs is 1. The first-order chi connectivity index (χ1) is 15.7. The van der Waals surface area contributed by atoms with E-state index in [0.29, 0.717) is 0 Å². The molecule has 2 aromatic heterocycles. The van der Waals surface area contributed by atoms with E-state index in [-0.39, 0.29) is 5.91 Å². The van der Waals surface area contributed by atoms with Gasteiger partial charge in [-0.2, -0.15) is 0 Å². The lowest BCUT2D eigenvalue weighted by atomic mass is 10.0. The van der Waals surface area contributed by atoms with Crippen molar-refractivity contribution in [2.75, 3.05) is 10.6 Å². The molecule has 0 fully saturated rings. The van der Waals surface area contributed by atoms with E-state index in [1.54, 1.807) is 17.7 Å². The number of carbonyl (C=O) groups excluding carboxylic acids is 1. The first-order valence-corrected chi connectivity index (χ1v) is 11.1. The van der Waals surface area contributed by atoms with Gasteiger partial charge in [-0.15, -0.1) is 11.3 Å². The maximum absolute atomic E-state index is 11.2. The Morgan fingerprint density at radius 1 is 0.781 bits per heavy atom. The summed E-state index contributed by atoms with van der Waals surface area (Å²) in [5, 5.41) is 9.30. The summed E-state index contributed by atoms with van der Waals surface area (Å²) in [6.45, 7) is 1.49. The average Bonchev–Trinajstić information content (AvgIpc) is 3.26. The number of carbonyl (C=O) groups is 1. The van der Waals surface area contributed by atoms with Crippen LogP contribution in [0.2, 0.25) is 0 Å². The van der Waals surface area contributed by atoms with Gasteiger partial charge in [0.1, 0.15) is 17.0 Å². The molecule has 5 rings (SSSR count). The Kier molecular flexibility index (Phi) is 5.35. The number of benzene rings is 3. The molecule has 1 amide bonds. The second-order valence-corrected chi connectivity index (χ2v) is 8.24. The van der Waals surface area contributed by atoms with Gasteiger partial charge in [-0.25, -0.2) is 9.97 Å². The lowest BCUT2D eigenvalue weighted by molar-refractivity contribution is -0.114. The summed E-state index contributed by atoms with van der Waals surface area (Å²) in [6.07, 6.45) is 1.58. The molecule has 5 aromatic rings. The van der Waals surface area contributed by atoms with Crippen LogP contribution >= 0.6 is 11.3 Å². The summed E-state index contributed by atoms with van der Waals surface area (Å²) in [4.78, 5) is 21.1. The lowest BCUT2D eigenvalue weighted by Gasteiger charge is -2.10. The molecule has 3 aromatic carbocycles. The summed E-state index contributed by atoms with van der Waals surface area (Å²) < 4.78 is 0. The third kappa shape index (κ3) is 4.08. The molecule has 0 aliphatic heterocycles. The fourth-order valence-corrected chi connectivity index (χ4v) is 4.55. The number of hydrogen-bond acceptors (Lipinski definition) is 5. The minimum Gasteiger partial charge on any atom is -0.340 e. The maximum Gasteiger partial charge on any atom is 0.221 e. The number of hydrogen-bond donors (Lipinski definition) is 2. The monoisotopic (exact) mass is 436 g/mol. The zero-order valence-electron chi connectivity index (χ0n) is 17.4. The number of anilines is 3. The molecule has 0 unspecified atom stereocenters. The predicted octanol–water partition coefficient (Wildman–Crippen LogP) is 6.73. The van der Waals surface area contributed by atoms with E-state index in [1.165, 1.54) is 18.1 Å². The second-order valence-electron chi connectivity index (χ2n) is 7.38. The van der Waals surface area contributed by atoms with Gasteiger partial charge in [-0.3, -0.25) is 4.79 Å². The highest BCUT2D eigenvalue weighted by atomic mass is 32.1. The van der Waals surface area contributed by atoms with E-state index >= 15 is 0 Å². The van der Waals surface area contributed by atoms with Crippen molar-refractivity contribution in [3.63, 3.8) is 0 Å². The van der Waals surface area contributed by atoms with Gasteiger partial charge >= 0.3 is 0 Å². The van der Waals surface area contributed by atoms with Crippen molar-refractivity contribution in [2.45, 2.75) is 6.92 Å². The van der Waals surface area contributed by atoms with E-state index in [9.17, 15) is 4.79 Å². The molecule has 5 nitrogen and oxygen atoms in total. The van der Waals surface area contributed by atoms with Gasteiger partial charge in [-0.1, -0.05) is 54.6 Å². The van der Waals surface area contributed by atoms with Gasteiger partial charge in [0.05, 0.1) is 5.39 Å². The van der Waals surface area contributed by atoms with Crippen LogP contribution in [0.15, 0.2) is 90.6 Å². The largest absolute Gasteiger partial charge is 0.340 e. The number of rotatable bonds is 5. The molecular formula is C26H20N4OS. The van der Waals surface area contributed by atoms with Crippen LogP contribution < -0.4 is 10.6 Å². The maximum atomic E-state index is 11.2. The molecule has 0 aliphatic carbocycles. The topological polar surface area (TPSA) is 66.9 Å². The van der Waals surface area contributed by atoms with E-state index < -0.39 is 0 Å². The highest BCUT2D eigenvalue weighted by molar-refractivity contribution is 7.17. The van der Waals surface area contributed by atoms with Crippen LogP contribution in [0, 0.1) is 0 Å². The fraction of sp³-hybridized carbons (Fsp3) is 0.0385. The normalized spacial score (nSPS) is 10.8. The molecule has 32 heavy (non-hydrogen) atoms. The highest BCUT2D eigenvalue weighted by Gasteiger charge is 2.13. The molecule has 0 radical (unpaired) electrons. The third-order valence-electron chi connectivity index (χ3n) is 5.14. The lowest BCUT2D eigenvalue weighted by Crippen LogP contribution is -2.05. The van der Waals surface area contributed by atoms with E-state index in [0.717, 1.165) is 38.5 Å². The third-order valence-corrected chi connectivity index (χ3v) is 6.03. The summed E-state index contributed by atoms with van der Waals surface area (Å²) in [5.41, 5.74) is 6.24. The number of nitrogens with zero attached hydrogens (tertiary/aromatic N) is 2. The van der Waals surface area contributed by atoms with Crippen LogP contribution in [-0.2, 0) is 4.79 Å². The molecular weight excluding hydrogens is 416 g/mol. The summed E-state index contributed by atoms with van der Waals surface area (Å²) >= 11 is 1.60. The van der Waals surface area contributed by atoms with Crippen molar-refractivity contribution in [1.82, 2.24) is 9.97 Å². The zero-order valence-corrected chi connectivity index (χ0v) is 18.2. The smallest absolute Gasteiger partial charge is 0.221 e. The van der Waals surface area contributed by atoms with E-state index in [2.05, 4.69) is 62.4 Å². The van der Waals surface area contributed by atoms with Crippen LogP contribution in [-0.4, -0.2) is 15.9 Å². The fourth-order valence-electron chi connectivity index (χ4n) is 3.63. The van der Waals surface area contributed by atoms with Gasteiger partial charge in [0, 0.05) is 29.2 Å². The van der Waals surface area contributed by atoms with Crippen LogP contribution in [0.25, 0.3) is 32.5 Å². The van der Waals surface area contributed by atoms with E-state index in [1.807, 2.05) is 42.5 Å². The first-order valence-electron chi connectivity index (χ1n) is 10.2. The molecule has 0 atom stereocenters. The van der Waals surface area contributed by atoms with Crippen molar-refractivity contribution >= 4 is 44.7 Å². The van der Waals surface area contributed by atoms with Gasteiger partial charge in [0.2, 0.25) is 5.91 Å². The van der Waals surface area contributed by atoms with Crippen LogP contribution in [0.3, 0.4) is 0 Å². The number of nitrogens with one attached hydrogen (secondary N) is 2. The first kappa shape index (κ1) is 19.9. The predicted molar refractivity (Wildman–Crippen MR) is 132 cm³/mol. The second kappa shape index (κ2) is 8.61. The van der Waals surface area contributed by atoms with E-state index in [4.69, 9.17) is 0 Å². The van der Waals surface area contributed by atoms with Crippen molar-refractivity contribution in [2.24, 2.45) is 0 Å². The van der Waals surface area contributed by atoms with Crippen molar-refractivity contribution in [3.8, 4) is 22.3 Å². The Bertz CT molecular complexity index is 1380. The van der Waals surface area contributed by atoms with Gasteiger partial charge in [0.25, 0.3) is 0 Å². The standard InChI is InChI=1S/C26H20N4OS/c1-17(31)29-21-11-13-22(14-12-21)30-25-24-23(15-32-26(24)28-16-27-25)20-9-7-19(8-10-20)18-5-3-2-4-6-18/h2-16H,1H3,(H,29,31)(H,27,28,30). The number of amides is 1. The number of aromatic nitrogens is 2. The summed E-state index contributed by atoms with van der Waals surface area (Å²) in [5.74, 6) is 0.662. The molecule has 0 saturated heterocycles. The Balaban J connectivity index is 1.47. The summed E-state index contributed by atoms with van der Waals surface area (Å²) in [6, 6.07) is 26.5. The minimum absolute atomic E-state index is 0.0931. The SMILES string of the molecule is CC(=O)Nc1ccc(Nc2ncnc3scc(-c4ccc(-c5ccccc5)cc4)c23)cc1. The number of thiophene rings is 1. The molecule has 2 N–H and O–H groups in total. The molecule has 0 aliphatic rings. The van der Waals surface area contributed by atoms with Crippen molar-refractivity contribution in [3.05, 3.63) is 90.6 Å². The van der Waals surface area contributed by atoms with Gasteiger partial charge in [0.15, 0.2) is 0 Å². The van der Waals surface area contributed by atoms with Crippen LogP contribution in [0.1, 0.15) is 6.92 Å². The Morgan fingerprint density at radius 3 is 2.16 bits per heavy atom. The van der Waals surface area contributed by atoms with Crippen LogP contribution in [0.5, 0.6) is 0 Å². The highest BCUT2D eigenvalue weighted by Crippen LogP contribution is 2.38. The summed E-state index contributed by atoms with van der Waals surface area (Å²) in [7, 11) is 0. The Morgan fingerprint density at radius 2 is 1.44 bits per heavy atom. The molecule has 6 heteroatoms. The Labute approximate surface area is 189 Å². The molecule has 0 saturated carbocycles. The van der Waals surface area contributed by atoms with Crippen molar-refractivity contribution < 1.29 is 4.79 Å². The van der Waals surface area contributed by atoms with Gasteiger partial charge < -0.3 is 10.6 Å². The van der Waals surface area contributed by atoms with Crippen LogP contribution in [0.4, 0.5) is 17.2 Å². The molecule has 2 heterocycles. The molecule has 156 valence electrons. The minimum atomic E-state index is -0.0931. The zero-order chi connectivity index (χ0) is 21.9. The van der Waals surface area contributed by atoms with Gasteiger partial charge in [-0.05, 0) is 41.0 Å². The average molecular weight is 437 g/mol. The quantitative estimate of drug-likeness (QED) is 0.321. The molecule has 0 spiro atoms.